The zero-order valence-corrected chi connectivity index (χ0v) is 15.5. The largest absolute Gasteiger partial charge is 0.491 e. The summed E-state index contributed by atoms with van der Waals surface area (Å²) in [5.41, 5.74) is -0.821. The second kappa shape index (κ2) is 8.35. The van der Waals surface area contributed by atoms with Crippen molar-refractivity contribution in [3.63, 3.8) is 0 Å². The van der Waals surface area contributed by atoms with Gasteiger partial charge >= 0.3 is 0 Å². The molecule has 2 heterocycles. The molecule has 1 aromatic carbocycles. The van der Waals surface area contributed by atoms with Crippen LogP contribution in [-0.2, 0) is 4.79 Å². The van der Waals surface area contributed by atoms with Crippen LogP contribution in [0.2, 0.25) is 0 Å². The van der Waals surface area contributed by atoms with Gasteiger partial charge in [0.2, 0.25) is 5.91 Å². The first-order valence-electron chi connectivity index (χ1n) is 8.98. The molecule has 1 fully saturated rings. The van der Waals surface area contributed by atoms with Gasteiger partial charge in [-0.25, -0.2) is 9.37 Å². The number of ether oxygens (including phenoxy) is 1. The predicted octanol–water partition coefficient (Wildman–Crippen LogP) is 2.23. The number of pyridine rings is 1. The van der Waals surface area contributed by atoms with Crippen molar-refractivity contribution in [3.05, 3.63) is 54.0 Å². The fourth-order valence-corrected chi connectivity index (χ4v) is 3.15. The number of amides is 2. The van der Waals surface area contributed by atoms with E-state index in [-0.39, 0.29) is 30.8 Å². The van der Waals surface area contributed by atoms with Gasteiger partial charge in [0.15, 0.2) is 0 Å². The Labute approximate surface area is 162 Å². The van der Waals surface area contributed by atoms with Crippen LogP contribution in [0.25, 0.3) is 0 Å². The van der Waals surface area contributed by atoms with Gasteiger partial charge in [-0.15, -0.1) is 0 Å². The Morgan fingerprint density at radius 2 is 2.07 bits per heavy atom. The molecular weight excluding hydrogens is 365 g/mol. The quantitative estimate of drug-likeness (QED) is 0.821. The molecule has 0 spiro atoms. The third kappa shape index (κ3) is 5.04. The van der Waals surface area contributed by atoms with E-state index in [1.54, 1.807) is 11.0 Å². The Kier molecular flexibility index (Phi) is 5.89. The third-order valence-corrected chi connectivity index (χ3v) is 4.47. The molecular formula is C20H22FN3O4. The number of aromatic nitrogens is 1. The van der Waals surface area contributed by atoms with Crippen LogP contribution in [0, 0.1) is 5.82 Å². The molecule has 28 heavy (non-hydrogen) atoms. The molecule has 2 amide bonds. The van der Waals surface area contributed by atoms with Crippen LogP contribution < -0.4 is 10.1 Å². The van der Waals surface area contributed by atoms with Crippen LogP contribution in [0.5, 0.6) is 5.75 Å². The van der Waals surface area contributed by atoms with Gasteiger partial charge in [0.05, 0.1) is 6.54 Å². The summed E-state index contributed by atoms with van der Waals surface area (Å²) in [6.45, 7) is 1.98. The lowest BCUT2D eigenvalue weighted by atomic mass is 9.93. The Morgan fingerprint density at radius 3 is 2.79 bits per heavy atom. The number of rotatable bonds is 5. The second-order valence-corrected chi connectivity index (χ2v) is 6.91. The van der Waals surface area contributed by atoms with E-state index in [2.05, 4.69) is 10.3 Å². The van der Waals surface area contributed by atoms with E-state index < -0.39 is 5.60 Å². The minimum atomic E-state index is -1.20. The van der Waals surface area contributed by atoms with Crippen molar-refractivity contribution in [1.82, 2.24) is 9.88 Å². The molecule has 0 bridgehead atoms. The highest BCUT2D eigenvalue weighted by atomic mass is 19.1. The maximum absolute atomic E-state index is 13.0. The highest BCUT2D eigenvalue weighted by Gasteiger charge is 2.36. The molecule has 0 radical (unpaired) electrons. The zero-order valence-electron chi connectivity index (χ0n) is 15.5. The summed E-state index contributed by atoms with van der Waals surface area (Å²) in [5.74, 6) is -0.148. The van der Waals surface area contributed by atoms with Gasteiger partial charge in [-0.1, -0.05) is 0 Å². The molecule has 0 saturated carbocycles. The number of carbonyl (C=O) groups excluding carboxylic acids is 2. The molecule has 1 atom stereocenters. The van der Waals surface area contributed by atoms with Gasteiger partial charge in [-0.05, 0) is 49.2 Å². The molecule has 1 aliphatic heterocycles. The van der Waals surface area contributed by atoms with Crippen LogP contribution in [-0.4, -0.2) is 52.1 Å². The van der Waals surface area contributed by atoms with Crippen LogP contribution in [0.4, 0.5) is 10.2 Å². The first kappa shape index (κ1) is 19.8. The predicted molar refractivity (Wildman–Crippen MR) is 101 cm³/mol. The molecule has 8 heteroatoms. The van der Waals surface area contributed by atoms with Gasteiger partial charge in [-0.3, -0.25) is 9.59 Å². The van der Waals surface area contributed by atoms with Crippen molar-refractivity contribution in [2.24, 2.45) is 0 Å². The summed E-state index contributed by atoms with van der Waals surface area (Å²) < 4.78 is 18.6. The SMILES string of the molecule is CC(=O)Nc1cc(C(=O)N2CCCC(O)(COc3ccc(F)cc3)C2)ccn1. The lowest BCUT2D eigenvalue weighted by Crippen LogP contribution is -2.53. The number of nitrogens with one attached hydrogen (secondary N) is 1. The lowest BCUT2D eigenvalue weighted by Gasteiger charge is -2.39. The van der Waals surface area contributed by atoms with E-state index >= 15 is 0 Å². The van der Waals surface area contributed by atoms with Crippen LogP contribution in [0.15, 0.2) is 42.6 Å². The Morgan fingerprint density at radius 1 is 1.32 bits per heavy atom. The smallest absolute Gasteiger partial charge is 0.254 e. The summed E-state index contributed by atoms with van der Waals surface area (Å²) >= 11 is 0. The van der Waals surface area contributed by atoms with Gasteiger partial charge in [0.1, 0.15) is 29.6 Å². The topological polar surface area (TPSA) is 91.8 Å². The Hall–Kier alpha value is -3.00. The average Bonchev–Trinajstić information content (AvgIpc) is 2.67. The van der Waals surface area contributed by atoms with Crippen molar-refractivity contribution in [2.75, 3.05) is 25.0 Å². The standard InChI is InChI=1S/C20H22FN3O4/c1-14(25)23-18-11-15(7-9-22-18)19(26)24-10-2-8-20(27,12-24)13-28-17-5-3-16(21)4-6-17/h3-7,9,11,27H,2,8,10,12-13H2,1H3,(H,22,23,25). The van der Waals surface area contributed by atoms with Gasteiger partial charge in [0.25, 0.3) is 5.91 Å². The Bertz CT molecular complexity index is 859. The first-order valence-corrected chi connectivity index (χ1v) is 8.98. The van der Waals surface area contributed by atoms with Crippen molar-refractivity contribution in [1.29, 1.82) is 0 Å². The number of aliphatic hydroxyl groups is 1. The van der Waals surface area contributed by atoms with Gasteiger partial charge in [0, 0.05) is 25.2 Å². The molecule has 0 aliphatic carbocycles. The maximum atomic E-state index is 13.0. The first-order chi connectivity index (χ1) is 13.3. The molecule has 2 N–H and O–H groups in total. The monoisotopic (exact) mass is 387 g/mol. The molecule has 7 nitrogen and oxygen atoms in total. The molecule has 1 saturated heterocycles. The number of β-amino-alcohol motifs (C(OH)–C–C–N with tert-alkyl or cyclic N) is 1. The van der Waals surface area contributed by atoms with Crippen LogP contribution >= 0.6 is 0 Å². The van der Waals surface area contributed by atoms with E-state index in [1.165, 1.54) is 43.5 Å². The van der Waals surface area contributed by atoms with Crippen LogP contribution in [0.3, 0.4) is 0 Å². The molecule has 3 rings (SSSR count). The van der Waals surface area contributed by atoms with Crippen molar-refractivity contribution >= 4 is 17.6 Å². The van der Waals surface area contributed by atoms with Crippen molar-refractivity contribution in [2.45, 2.75) is 25.4 Å². The minimum absolute atomic E-state index is 0.00407. The lowest BCUT2D eigenvalue weighted by molar-refractivity contribution is -0.114. The van der Waals surface area contributed by atoms with E-state index in [4.69, 9.17) is 4.74 Å². The molecule has 2 aromatic rings. The van der Waals surface area contributed by atoms with Crippen molar-refractivity contribution in [3.8, 4) is 5.75 Å². The number of likely N-dealkylation sites (tertiary alicyclic amines) is 1. The average molecular weight is 387 g/mol. The summed E-state index contributed by atoms with van der Waals surface area (Å²) in [4.78, 5) is 29.6. The fraction of sp³-hybridized carbons (Fsp3) is 0.350. The van der Waals surface area contributed by atoms with Crippen LogP contribution in [0.1, 0.15) is 30.1 Å². The Balaban J connectivity index is 1.65. The molecule has 1 aromatic heterocycles. The number of halogens is 1. The molecule has 148 valence electrons. The van der Waals surface area contributed by atoms with E-state index in [0.29, 0.717) is 36.5 Å². The number of nitrogens with zero attached hydrogens (tertiary/aromatic N) is 2. The fourth-order valence-electron chi connectivity index (χ4n) is 3.15. The number of hydrogen-bond donors (Lipinski definition) is 2. The number of carbonyl (C=O) groups is 2. The summed E-state index contributed by atoms with van der Waals surface area (Å²) in [6, 6.07) is 8.62. The van der Waals surface area contributed by atoms with E-state index in [9.17, 15) is 19.1 Å². The maximum Gasteiger partial charge on any atom is 0.254 e. The number of piperidine rings is 1. The molecule has 1 unspecified atom stereocenters. The second-order valence-electron chi connectivity index (χ2n) is 6.91. The number of hydrogen-bond acceptors (Lipinski definition) is 5. The number of benzene rings is 1. The summed E-state index contributed by atoms with van der Waals surface area (Å²) in [6.07, 6.45) is 2.57. The molecule has 1 aliphatic rings. The summed E-state index contributed by atoms with van der Waals surface area (Å²) in [5, 5.41) is 13.4. The number of anilines is 1. The highest BCUT2D eigenvalue weighted by Crippen LogP contribution is 2.24. The van der Waals surface area contributed by atoms with E-state index in [1.807, 2.05) is 0 Å². The van der Waals surface area contributed by atoms with Gasteiger partial charge in [-0.2, -0.15) is 0 Å². The summed E-state index contributed by atoms with van der Waals surface area (Å²) in [7, 11) is 0. The minimum Gasteiger partial charge on any atom is -0.491 e. The normalized spacial score (nSPS) is 19.2. The highest BCUT2D eigenvalue weighted by molar-refractivity contribution is 5.96. The van der Waals surface area contributed by atoms with E-state index in [0.717, 1.165) is 0 Å². The van der Waals surface area contributed by atoms with Crippen molar-refractivity contribution < 1.29 is 23.8 Å². The third-order valence-electron chi connectivity index (χ3n) is 4.47. The van der Waals surface area contributed by atoms with Gasteiger partial charge < -0.3 is 20.1 Å². The zero-order chi connectivity index (χ0) is 20.1.